The lowest BCUT2D eigenvalue weighted by Crippen LogP contribution is -2.36. The molecular formula is C22H27N5S. The molecule has 146 valence electrons. The molecule has 5 nitrogen and oxygen atoms in total. The number of fused-ring (bicyclic) bond motifs is 1. The maximum absolute atomic E-state index is 4.66. The van der Waals surface area contributed by atoms with E-state index in [1.54, 1.807) is 0 Å². The average molecular weight is 394 g/mol. The molecule has 1 N–H and O–H groups in total. The predicted molar refractivity (Wildman–Crippen MR) is 112 cm³/mol. The fourth-order valence-electron chi connectivity index (χ4n) is 4.53. The van der Waals surface area contributed by atoms with Crippen LogP contribution in [0.2, 0.25) is 0 Å². The minimum absolute atomic E-state index is 0.129. The summed E-state index contributed by atoms with van der Waals surface area (Å²) in [6.45, 7) is 5.58. The molecule has 28 heavy (non-hydrogen) atoms. The van der Waals surface area contributed by atoms with Crippen LogP contribution < -0.4 is 0 Å². The Balaban J connectivity index is 1.34. The lowest BCUT2D eigenvalue weighted by atomic mass is 9.99. The average Bonchev–Trinajstić information content (AvgIpc) is 3.39. The molecular weight excluding hydrogens is 366 g/mol. The van der Waals surface area contributed by atoms with Crippen LogP contribution in [0.4, 0.5) is 0 Å². The molecule has 6 heteroatoms. The van der Waals surface area contributed by atoms with Gasteiger partial charge in [0.1, 0.15) is 0 Å². The molecule has 0 aliphatic carbocycles. The van der Waals surface area contributed by atoms with Crippen molar-refractivity contribution in [1.29, 1.82) is 0 Å². The number of likely N-dealkylation sites (tertiary alicyclic amines) is 1. The highest BCUT2D eigenvalue weighted by Gasteiger charge is 2.32. The van der Waals surface area contributed by atoms with Crippen molar-refractivity contribution in [1.82, 2.24) is 24.8 Å². The zero-order valence-corrected chi connectivity index (χ0v) is 17.0. The summed E-state index contributed by atoms with van der Waals surface area (Å²) >= 11 is 1.90. The fraction of sp³-hybridized carbons (Fsp3) is 0.455. The van der Waals surface area contributed by atoms with Crippen LogP contribution in [0, 0.1) is 0 Å². The van der Waals surface area contributed by atoms with E-state index in [-0.39, 0.29) is 6.04 Å². The van der Waals surface area contributed by atoms with Crippen molar-refractivity contribution < 1.29 is 0 Å². The number of hydrogen-bond donors (Lipinski definition) is 1. The van der Waals surface area contributed by atoms with Gasteiger partial charge in [0.25, 0.3) is 0 Å². The number of hydrogen-bond acceptors (Lipinski definition) is 5. The molecule has 0 spiro atoms. The summed E-state index contributed by atoms with van der Waals surface area (Å²) in [6, 6.07) is 8.72. The number of nitrogens with one attached hydrogen (secondary N) is 1. The Hall–Kier alpha value is -2.02. The summed E-state index contributed by atoms with van der Waals surface area (Å²) in [5, 5.41) is 2.35. The maximum atomic E-state index is 4.66. The van der Waals surface area contributed by atoms with Crippen LogP contribution in [0.15, 0.2) is 42.2 Å². The van der Waals surface area contributed by atoms with Gasteiger partial charge in [-0.05, 0) is 55.1 Å². The number of H-pyrrole nitrogens is 1. The molecule has 1 fully saturated rings. The molecule has 3 aromatic heterocycles. The predicted octanol–water partition coefficient (Wildman–Crippen LogP) is 4.00. The van der Waals surface area contributed by atoms with Gasteiger partial charge in [-0.25, -0.2) is 4.98 Å². The first-order valence-corrected chi connectivity index (χ1v) is 11.2. The van der Waals surface area contributed by atoms with E-state index in [2.05, 4.69) is 48.3 Å². The fourth-order valence-corrected chi connectivity index (χ4v) is 5.43. The molecule has 0 saturated carbocycles. The molecule has 2 aliphatic heterocycles. The van der Waals surface area contributed by atoms with Gasteiger partial charge in [0.05, 0.1) is 23.8 Å². The Morgan fingerprint density at radius 3 is 2.86 bits per heavy atom. The highest BCUT2D eigenvalue weighted by Crippen LogP contribution is 2.34. The van der Waals surface area contributed by atoms with Crippen LogP contribution in [-0.4, -0.2) is 44.4 Å². The van der Waals surface area contributed by atoms with Gasteiger partial charge in [-0.15, -0.1) is 11.3 Å². The van der Waals surface area contributed by atoms with Crippen molar-refractivity contribution in [2.75, 3.05) is 19.6 Å². The van der Waals surface area contributed by atoms with E-state index < -0.39 is 0 Å². The van der Waals surface area contributed by atoms with E-state index in [0.29, 0.717) is 0 Å². The van der Waals surface area contributed by atoms with Crippen LogP contribution in [0.25, 0.3) is 0 Å². The molecule has 0 radical (unpaired) electrons. The number of nitrogens with zero attached hydrogens (tertiary/aromatic N) is 4. The monoisotopic (exact) mass is 393 g/mol. The minimum Gasteiger partial charge on any atom is -0.348 e. The van der Waals surface area contributed by atoms with E-state index in [4.69, 9.17) is 0 Å². The molecule has 3 aromatic rings. The summed E-state index contributed by atoms with van der Waals surface area (Å²) in [4.78, 5) is 19.2. The lowest BCUT2D eigenvalue weighted by Gasteiger charge is -2.34. The zero-order chi connectivity index (χ0) is 18.8. The largest absolute Gasteiger partial charge is 0.348 e. The number of imidazole rings is 1. The summed E-state index contributed by atoms with van der Waals surface area (Å²) in [5.41, 5.74) is 4.94. The Morgan fingerprint density at radius 1 is 1.07 bits per heavy atom. The van der Waals surface area contributed by atoms with Gasteiger partial charge in [0.15, 0.2) is 0 Å². The topological polar surface area (TPSA) is 48.1 Å². The number of aromatic amines is 1. The zero-order valence-electron chi connectivity index (χ0n) is 16.2. The van der Waals surface area contributed by atoms with Gasteiger partial charge in [-0.3, -0.25) is 14.8 Å². The highest BCUT2D eigenvalue weighted by molar-refractivity contribution is 7.10. The van der Waals surface area contributed by atoms with Gasteiger partial charge in [-0.2, -0.15) is 0 Å². The third-order valence-electron chi connectivity index (χ3n) is 5.91. The first-order valence-electron chi connectivity index (χ1n) is 10.3. The van der Waals surface area contributed by atoms with E-state index in [1.807, 2.05) is 29.9 Å². The Bertz CT molecular complexity index is 897. The van der Waals surface area contributed by atoms with Crippen molar-refractivity contribution in [3.8, 4) is 0 Å². The number of pyridine rings is 1. The van der Waals surface area contributed by atoms with Gasteiger partial charge in [0.2, 0.25) is 0 Å². The smallest absolute Gasteiger partial charge is 0.0971 e. The first-order chi connectivity index (χ1) is 13.9. The van der Waals surface area contributed by atoms with E-state index in [1.165, 1.54) is 48.5 Å². The van der Waals surface area contributed by atoms with Gasteiger partial charge in [0, 0.05) is 42.8 Å². The number of piperidine rings is 1. The molecule has 2 aliphatic rings. The lowest BCUT2D eigenvalue weighted by molar-refractivity contribution is 0.198. The van der Waals surface area contributed by atoms with Crippen LogP contribution in [0.1, 0.15) is 52.8 Å². The maximum Gasteiger partial charge on any atom is 0.0971 e. The number of aromatic nitrogens is 3. The van der Waals surface area contributed by atoms with Crippen molar-refractivity contribution in [2.24, 2.45) is 0 Å². The van der Waals surface area contributed by atoms with E-state index in [9.17, 15) is 0 Å². The quantitative estimate of drug-likeness (QED) is 0.712. The van der Waals surface area contributed by atoms with Crippen molar-refractivity contribution in [2.45, 2.75) is 44.8 Å². The second kappa shape index (κ2) is 8.15. The number of thiophene rings is 1. The Kier molecular flexibility index (Phi) is 5.25. The SMILES string of the molecule is c1ccc(C2c3nc[nH]c3CCN2Cc2cc(CN3CCCCC3)cs2)nc1. The molecule has 5 rings (SSSR count). The van der Waals surface area contributed by atoms with Crippen LogP contribution in [0.5, 0.6) is 0 Å². The molecule has 1 unspecified atom stereocenters. The van der Waals surface area contributed by atoms with Crippen LogP contribution >= 0.6 is 11.3 Å². The van der Waals surface area contributed by atoms with Crippen molar-refractivity contribution >= 4 is 11.3 Å². The minimum atomic E-state index is 0.129. The third-order valence-corrected chi connectivity index (χ3v) is 6.88. The second-order valence-corrected chi connectivity index (χ2v) is 8.90. The van der Waals surface area contributed by atoms with E-state index >= 15 is 0 Å². The second-order valence-electron chi connectivity index (χ2n) is 7.90. The molecule has 0 amide bonds. The molecule has 5 heterocycles. The first kappa shape index (κ1) is 18.0. The molecule has 1 saturated heterocycles. The molecule has 0 aromatic carbocycles. The summed E-state index contributed by atoms with van der Waals surface area (Å²) in [5.74, 6) is 0. The van der Waals surface area contributed by atoms with Crippen LogP contribution in [0.3, 0.4) is 0 Å². The summed E-state index contributed by atoms with van der Waals surface area (Å²) < 4.78 is 0. The van der Waals surface area contributed by atoms with Crippen molar-refractivity contribution in [3.63, 3.8) is 0 Å². The number of rotatable bonds is 5. The Morgan fingerprint density at radius 2 is 2.00 bits per heavy atom. The highest BCUT2D eigenvalue weighted by atomic mass is 32.1. The molecule has 0 bridgehead atoms. The molecule has 1 atom stereocenters. The van der Waals surface area contributed by atoms with Gasteiger partial charge < -0.3 is 4.98 Å². The summed E-state index contributed by atoms with van der Waals surface area (Å²) in [7, 11) is 0. The van der Waals surface area contributed by atoms with Crippen molar-refractivity contribution in [3.05, 3.63) is 69.7 Å². The summed E-state index contributed by atoms with van der Waals surface area (Å²) in [6.07, 6.45) is 8.82. The van der Waals surface area contributed by atoms with Crippen LogP contribution in [-0.2, 0) is 19.5 Å². The normalized spacial score (nSPS) is 20.9. The van der Waals surface area contributed by atoms with Gasteiger partial charge in [-0.1, -0.05) is 12.5 Å². The standard InChI is InChI=1S/C22H27N5S/c1-4-9-26(10-5-1)13-17-12-18(28-15-17)14-27-11-7-19-21(25-16-24-19)22(27)20-6-2-3-8-23-20/h2-3,6,8,12,15-16,22H,1,4-5,7,9-11,13-14H2,(H,24,25). The third kappa shape index (κ3) is 3.77. The Labute approximate surface area is 170 Å². The van der Waals surface area contributed by atoms with Gasteiger partial charge >= 0.3 is 0 Å². The van der Waals surface area contributed by atoms with E-state index in [0.717, 1.165) is 37.4 Å².